The van der Waals surface area contributed by atoms with E-state index >= 15 is 0 Å². The second kappa shape index (κ2) is 4.39. The summed E-state index contributed by atoms with van der Waals surface area (Å²) in [6.07, 6.45) is 1.72. The number of carbonyl (C=O) groups excluding carboxylic acids is 1. The first-order valence-corrected chi connectivity index (χ1v) is 6.17. The van der Waals surface area contributed by atoms with Crippen molar-refractivity contribution in [2.75, 3.05) is 18.8 Å². The Balaban J connectivity index is 2.50. The molecule has 0 radical (unpaired) electrons. The fraction of sp³-hybridized carbons (Fsp3) is 0.857. The van der Waals surface area contributed by atoms with Crippen LogP contribution in [0.5, 0.6) is 0 Å². The van der Waals surface area contributed by atoms with E-state index in [1.165, 1.54) is 4.31 Å². The SMILES string of the molecule is O=C(Cl)CCS(=O)(=O)N1CCCC1. The molecule has 1 heterocycles. The van der Waals surface area contributed by atoms with Crippen molar-refractivity contribution in [3.05, 3.63) is 0 Å². The molecule has 0 N–H and O–H groups in total. The Morgan fingerprint density at radius 3 is 2.31 bits per heavy atom. The van der Waals surface area contributed by atoms with Crippen molar-refractivity contribution in [2.45, 2.75) is 19.3 Å². The van der Waals surface area contributed by atoms with Gasteiger partial charge in [-0.15, -0.1) is 0 Å². The zero-order valence-electron chi connectivity index (χ0n) is 7.20. The van der Waals surface area contributed by atoms with E-state index in [9.17, 15) is 13.2 Å². The summed E-state index contributed by atoms with van der Waals surface area (Å²) in [6.45, 7) is 1.16. The first-order valence-electron chi connectivity index (χ1n) is 4.18. The van der Waals surface area contributed by atoms with Crippen molar-refractivity contribution in [2.24, 2.45) is 0 Å². The molecule has 0 aromatic heterocycles. The number of hydrogen-bond donors (Lipinski definition) is 0. The summed E-state index contributed by atoms with van der Waals surface area (Å²) in [5.74, 6) is -0.157. The quantitative estimate of drug-likeness (QED) is 0.658. The van der Waals surface area contributed by atoms with Crippen LogP contribution in [0.1, 0.15) is 19.3 Å². The summed E-state index contributed by atoms with van der Waals surface area (Å²) in [5.41, 5.74) is 0. The number of sulfonamides is 1. The van der Waals surface area contributed by atoms with Gasteiger partial charge in [-0.3, -0.25) is 4.79 Å². The van der Waals surface area contributed by atoms with E-state index in [0.717, 1.165) is 12.8 Å². The molecule has 0 spiro atoms. The fourth-order valence-electron chi connectivity index (χ4n) is 1.30. The van der Waals surface area contributed by atoms with Crippen LogP contribution in [0.25, 0.3) is 0 Å². The lowest BCUT2D eigenvalue weighted by atomic mass is 10.4. The van der Waals surface area contributed by atoms with Gasteiger partial charge in [0.05, 0.1) is 5.75 Å². The van der Waals surface area contributed by atoms with Gasteiger partial charge in [0.25, 0.3) is 0 Å². The predicted octanol–water partition coefficient (Wildman–Crippen LogP) is 0.568. The third-order valence-corrected chi connectivity index (χ3v) is 4.08. The molecule has 0 aliphatic carbocycles. The minimum Gasteiger partial charge on any atom is -0.281 e. The van der Waals surface area contributed by atoms with Gasteiger partial charge in [0.15, 0.2) is 0 Å². The number of rotatable bonds is 4. The molecule has 6 heteroatoms. The highest BCUT2D eigenvalue weighted by Gasteiger charge is 2.25. The van der Waals surface area contributed by atoms with Gasteiger partial charge >= 0.3 is 0 Å². The highest BCUT2D eigenvalue weighted by atomic mass is 35.5. The van der Waals surface area contributed by atoms with Gasteiger partial charge in [0.1, 0.15) is 0 Å². The largest absolute Gasteiger partial charge is 0.281 e. The van der Waals surface area contributed by atoms with Gasteiger partial charge in [-0.25, -0.2) is 12.7 Å². The van der Waals surface area contributed by atoms with Gasteiger partial charge in [0.2, 0.25) is 15.3 Å². The molecule has 1 fully saturated rings. The monoisotopic (exact) mass is 225 g/mol. The second-order valence-electron chi connectivity index (χ2n) is 3.03. The molecule has 0 saturated carbocycles. The van der Waals surface area contributed by atoms with E-state index in [2.05, 4.69) is 0 Å². The van der Waals surface area contributed by atoms with Crippen molar-refractivity contribution >= 4 is 26.9 Å². The molecule has 1 aliphatic rings. The zero-order chi connectivity index (χ0) is 9.90. The smallest absolute Gasteiger partial charge is 0.222 e. The maximum absolute atomic E-state index is 11.5. The minimum absolute atomic E-state index is 0.0968. The molecule has 4 nitrogen and oxygen atoms in total. The minimum atomic E-state index is -3.23. The average molecular weight is 226 g/mol. The Kier molecular flexibility index (Phi) is 3.70. The first kappa shape index (κ1) is 10.9. The Labute approximate surface area is 82.9 Å². The summed E-state index contributed by atoms with van der Waals surface area (Å²) in [4.78, 5) is 10.4. The molecular weight excluding hydrogens is 214 g/mol. The summed E-state index contributed by atoms with van der Waals surface area (Å²) in [5, 5.41) is -0.595. The molecule has 0 aromatic rings. The maximum atomic E-state index is 11.5. The zero-order valence-corrected chi connectivity index (χ0v) is 8.77. The average Bonchev–Trinajstić information content (AvgIpc) is 2.53. The molecular formula is C7H12ClNO3S. The molecule has 0 amide bonds. The summed E-state index contributed by atoms with van der Waals surface area (Å²) in [7, 11) is -3.23. The first-order chi connectivity index (χ1) is 6.02. The van der Waals surface area contributed by atoms with Gasteiger partial charge in [0, 0.05) is 19.5 Å². The summed E-state index contributed by atoms with van der Waals surface area (Å²) >= 11 is 5.07. The fourth-order valence-corrected chi connectivity index (χ4v) is 3.03. The normalized spacial score (nSPS) is 19.2. The van der Waals surface area contributed by atoms with Crippen molar-refractivity contribution in [3.8, 4) is 0 Å². The van der Waals surface area contributed by atoms with Crippen LogP contribution in [0.2, 0.25) is 0 Å². The van der Waals surface area contributed by atoms with E-state index in [4.69, 9.17) is 11.6 Å². The van der Waals surface area contributed by atoms with E-state index in [1.54, 1.807) is 0 Å². The Bertz CT molecular complexity index is 282. The lowest BCUT2D eigenvalue weighted by Gasteiger charge is -2.13. The molecule has 0 atom stereocenters. The van der Waals surface area contributed by atoms with Crippen LogP contribution in [0.15, 0.2) is 0 Å². The third-order valence-electron chi connectivity index (χ3n) is 2.01. The molecule has 0 unspecified atom stereocenters. The van der Waals surface area contributed by atoms with Crippen molar-refractivity contribution in [3.63, 3.8) is 0 Å². The number of nitrogens with zero attached hydrogens (tertiary/aromatic N) is 1. The van der Waals surface area contributed by atoms with Crippen LogP contribution >= 0.6 is 11.6 Å². The molecule has 0 aromatic carbocycles. The van der Waals surface area contributed by atoms with Crippen molar-refractivity contribution in [1.29, 1.82) is 0 Å². The number of halogens is 1. The van der Waals surface area contributed by atoms with E-state index < -0.39 is 15.3 Å². The number of hydrogen-bond acceptors (Lipinski definition) is 3. The second-order valence-corrected chi connectivity index (χ2v) is 5.54. The lowest BCUT2D eigenvalue weighted by molar-refractivity contribution is -0.111. The van der Waals surface area contributed by atoms with E-state index in [0.29, 0.717) is 13.1 Å². The lowest BCUT2D eigenvalue weighted by Crippen LogP contribution is -2.30. The molecule has 1 saturated heterocycles. The van der Waals surface area contributed by atoms with Crippen LogP contribution in [0.3, 0.4) is 0 Å². The highest BCUT2D eigenvalue weighted by Crippen LogP contribution is 2.13. The van der Waals surface area contributed by atoms with Crippen molar-refractivity contribution in [1.82, 2.24) is 4.31 Å². The van der Waals surface area contributed by atoms with Crippen LogP contribution in [-0.4, -0.2) is 36.8 Å². The Morgan fingerprint density at radius 1 is 1.31 bits per heavy atom. The summed E-state index contributed by atoms with van der Waals surface area (Å²) in [6, 6.07) is 0. The van der Waals surface area contributed by atoms with Crippen molar-refractivity contribution < 1.29 is 13.2 Å². The topological polar surface area (TPSA) is 54.5 Å². The maximum Gasteiger partial charge on any atom is 0.222 e. The highest BCUT2D eigenvalue weighted by molar-refractivity contribution is 7.89. The molecule has 76 valence electrons. The van der Waals surface area contributed by atoms with Crippen LogP contribution in [0.4, 0.5) is 0 Å². The van der Waals surface area contributed by atoms with Crippen LogP contribution in [0, 0.1) is 0 Å². The van der Waals surface area contributed by atoms with Gasteiger partial charge in [-0.2, -0.15) is 0 Å². The van der Waals surface area contributed by atoms with Crippen LogP contribution < -0.4 is 0 Å². The standard InChI is InChI=1S/C7H12ClNO3S/c8-7(10)3-6-13(11,12)9-4-1-2-5-9/h1-6H2. The molecule has 1 aliphatic heterocycles. The molecule has 0 bridgehead atoms. The number of carbonyl (C=O) groups is 1. The third kappa shape index (κ3) is 3.25. The van der Waals surface area contributed by atoms with Gasteiger partial charge < -0.3 is 0 Å². The Hall–Kier alpha value is -0.130. The predicted molar refractivity (Wildman–Crippen MR) is 50.1 cm³/mol. The van der Waals surface area contributed by atoms with Crippen LogP contribution in [-0.2, 0) is 14.8 Å². The van der Waals surface area contributed by atoms with E-state index in [1.807, 2.05) is 0 Å². The van der Waals surface area contributed by atoms with Gasteiger partial charge in [-0.05, 0) is 24.4 Å². The Morgan fingerprint density at radius 2 is 1.85 bits per heavy atom. The van der Waals surface area contributed by atoms with Gasteiger partial charge in [-0.1, -0.05) is 0 Å². The van der Waals surface area contributed by atoms with E-state index in [-0.39, 0.29) is 12.2 Å². The molecule has 1 rings (SSSR count). The molecule has 13 heavy (non-hydrogen) atoms. The summed E-state index contributed by atoms with van der Waals surface area (Å²) < 4.78 is 24.3.